The highest BCUT2D eigenvalue weighted by atomic mass is 127. The highest BCUT2D eigenvalue weighted by molar-refractivity contribution is 14.1. The molecule has 3 aromatic carbocycles. The second-order valence-electron chi connectivity index (χ2n) is 10.1. The Kier molecular flexibility index (Phi) is 9.75. The van der Waals surface area contributed by atoms with Gasteiger partial charge in [-0.25, -0.2) is 4.79 Å². The first-order chi connectivity index (χ1) is 18.9. The van der Waals surface area contributed by atoms with E-state index in [1.807, 2.05) is 34.1 Å². The van der Waals surface area contributed by atoms with Gasteiger partial charge >= 0.3 is 6.03 Å². The first kappa shape index (κ1) is 28.3. The van der Waals surface area contributed by atoms with Gasteiger partial charge < -0.3 is 15.1 Å². The Morgan fingerprint density at radius 2 is 1.03 bits per heavy atom. The number of urea groups is 1. The lowest BCUT2D eigenvalue weighted by Crippen LogP contribution is -2.49. The molecule has 0 bridgehead atoms. The molecular weight excluding hydrogens is 716 g/mol. The molecule has 2 aliphatic rings. The van der Waals surface area contributed by atoms with Gasteiger partial charge in [-0.15, -0.1) is 0 Å². The van der Waals surface area contributed by atoms with Gasteiger partial charge in [0.05, 0.1) is 0 Å². The molecule has 3 aromatic rings. The predicted octanol–water partition coefficient (Wildman–Crippen LogP) is 5.20. The molecule has 39 heavy (non-hydrogen) atoms. The molecule has 0 aromatic heterocycles. The van der Waals surface area contributed by atoms with Crippen LogP contribution in [0.3, 0.4) is 0 Å². The topological polar surface area (TPSA) is 59.1 Å². The highest BCUT2D eigenvalue weighted by Gasteiger charge is 2.23. The van der Waals surface area contributed by atoms with E-state index in [2.05, 4.69) is 109 Å². The number of rotatable bonds is 6. The maximum atomic E-state index is 13.1. The molecule has 5 rings (SSSR count). The second kappa shape index (κ2) is 13.4. The third-order valence-electron chi connectivity index (χ3n) is 7.34. The number of hydrogen-bond donors (Lipinski definition) is 1. The number of benzene rings is 3. The van der Waals surface area contributed by atoms with Crippen molar-refractivity contribution in [1.82, 2.24) is 19.6 Å². The smallest absolute Gasteiger partial charge is 0.321 e. The van der Waals surface area contributed by atoms with Crippen molar-refractivity contribution in [3.05, 3.63) is 96.6 Å². The summed E-state index contributed by atoms with van der Waals surface area (Å²) < 4.78 is 2.48. The van der Waals surface area contributed by atoms with Crippen LogP contribution in [-0.4, -0.2) is 83.9 Å². The van der Waals surface area contributed by atoms with Crippen LogP contribution in [0.25, 0.3) is 0 Å². The summed E-state index contributed by atoms with van der Waals surface area (Å²) >= 11 is 4.64. The van der Waals surface area contributed by atoms with Crippen LogP contribution in [0.1, 0.15) is 21.5 Å². The van der Waals surface area contributed by atoms with E-state index in [1.165, 1.54) is 18.3 Å². The van der Waals surface area contributed by atoms with Crippen LogP contribution < -0.4 is 5.32 Å². The average Bonchev–Trinajstić information content (AvgIpc) is 2.96. The van der Waals surface area contributed by atoms with E-state index in [0.717, 1.165) is 52.4 Å². The third-order valence-corrected chi connectivity index (χ3v) is 8.78. The van der Waals surface area contributed by atoms with E-state index in [4.69, 9.17) is 0 Å². The van der Waals surface area contributed by atoms with E-state index in [0.29, 0.717) is 24.3 Å². The summed E-state index contributed by atoms with van der Waals surface area (Å²) in [6.07, 6.45) is 0. The molecule has 2 aliphatic heterocycles. The standard InChI is InChI=1S/C30H33I2N5O2/c31-26-7-1-23(2-8-26)21-34-13-17-36(18-14-34)29(38)25-5-11-28(12-6-25)33-30(39)37-19-15-35(16-20-37)22-24-3-9-27(32)10-4-24/h1-12H,13-22H2,(H,33,39). The van der Waals surface area contributed by atoms with Crippen molar-refractivity contribution < 1.29 is 9.59 Å². The first-order valence-electron chi connectivity index (χ1n) is 13.3. The Labute approximate surface area is 257 Å². The number of nitrogens with one attached hydrogen (secondary N) is 1. The van der Waals surface area contributed by atoms with Gasteiger partial charge in [0, 0.05) is 83.8 Å². The summed E-state index contributed by atoms with van der Waals surface area (Å²) in [6.45, 7) is 8.08. The van der Waals surface area contributed by atoms with Crippen LogP contribution in [0.15, 0.2) is 72.8 Å². The summed E-state index contributed by atoms with van der Waals surface area (Å²) in [7, 11) is 0. The molecule has 204 valence electrons. The molecule has 0 atom stereocenters. The maximum absolute atomic E-state index is 13.1. The average molecular weight is 749 g/mol. The Morgan fingerprint density at radius 3 is 1.49 bits per heavy atom. The van der Waals surface area contributed by atoms with Gasteiger partial charge in [0.15, 0.2) is 0 Å². The fraction of sp³-hybridized carbons (Fsp3) is 0.333. The zero-order valence-corrected chi connectivity index (χ0v) is 26.2. The number of carbonyl (C=O) groups excluding carboxylic acids is 2. The molecule has 0 unspecified atom stereocenters. The van der Waals surface area contributed by atoms with Gasteiger partial charge in [0.2, 0.25) is 0 Å². The molecule has 0 saturated carbocycles. The molecule has 9 heteroatoms. The van der Waals surface area contributed by atoms with Crippen molar-refractivity contribution >= 4 is 62.8 Å². The van der Waals surface area contributed by atoms with E-state index in [-0.39, 0.29) is 11.9 Å². The largest absolute Gasteiger partial charge is 0.336 e. The Morgan fingerprint density at radius 1 is 0.590 bits per heavy atom. The predicted molar refractivity (Wildman–Crippen MR) is 172 cm³/mol. The van der Waals surface area contributed by atoms with Gasteiger partial charge in [0.25, 0.3) is 5.91 Å². The lowest BCUT2D eigenvalue weighted by atomic mass is 10.1. The van der Waals surface area contributed by atoms with E-state index < -0.39 is 0 Å². The quantitative estimate of drug-likeness (QED) is 0.353. The van der Waals surface area contributed by atoms with Crippen LogP contribution in [0.2, 0.25) is 0 Å². The normalized spacial score (nSPS) is 16.8. The van der Waals surface area contributed by atoms with Crippen molar-refractivity contribution in [1.29, 1.82) is 0 Å². The number of amides is 3. The molecule has 0 aliphatic carbocycles. The van der Waals surface area contributed by atoms with E-state index in [1.54, 1.807) is 0 Å². The molecule has 2 heterocycles. The van der Waals surface area contributed by atoms with Gasteiger partial charge in [-0.2, -0.15) is 0 Å². The van der Waals surface area contributed by atoms with E-state index in [9.17, 15) is 9.59 Å². The molecule has 2 fully saturated rings. The fourth-order valence-electron chi connectivity index (χ4n) is 5.00. The maximum Gasteiger partial charge on any atom is 0.321 e. The molecule has 7 nitrogen and oxygen atoms in total. The monoisotopic (exact) mass is 749 g/mol. The van der Waals surface area contributed by atoms with Crippen LogP contribution >= 0.6 is 45.2 Å². The molecule has 1 N–H and O–H groups in total. The molecule has 3 amide bonds. The minimum absolute atomic E-state index is 0.0473. The number of piperazine rings is 2. The van der Waals surface area contributed by atoms with Crippen molar-refractivity contribution in [3.63, 3.8) is 0 Å². The number of halogens is 2. The summed E-state index contributed by atoms with van der Waals surface area (Å²) in [6, 6.07) is 24.4. The Hall–Kier alpha value is -2.22. The Balaban J connectivity index is 1.05. The van der Waals surface area contributed by atoms with Crippen molar-refractivity contribution in [2.75, 3.05) is 57.7 Å². The van der Waals surface area contributed by atoms with Crippen molar-refractivity contribution in [3.8, 4) is 0 Å². The van der Waals surface area contributed by atoms with Crippen LogP contribution in [0, 0.1) is 7.14 Å². The zero-order chi connectivity index (χ0) is 27.2. The Bertz CT molecular complexity index is 1250. The molecule has 0 radical (unpaired) electrons. The molecule has 0 spiro atoms. The summed E-state index contributed by atoms with van der Waals surface area (Å²) in [5.74, 6) is 0.0473. The second-order valence-corrected chi connectivity index (χ2v) is 12.6. The first-order valence-corrected chi connectivity index (χ1v) is 15.5. The van der Waals surface area contributed by atoms with Crippen LogP contribution in [0.5, 0.6) is 0 Å². The van der Waals surface area contributed by atoms with Crippen molar-refractivity contribution in [2.45, 2.75) is 13.1 Å². The van der Waals surface area contributed by atoms with Gasteiger partial charge in [-0.1, -0.05) is 24.3 Å². The van der Waals surface area contributed by atoms with Gasteiger partial charge in [0.1, 0.15) is 0 Å². The third kappa shape index (κ3) is 7.92. The molecular formula is C30H33I2N5O2. The van der Waals surface area contributed by atoms with Gasteiger partial charge in [-0.3, -0.25) is 14.6 Å². The number of hydrogen-bond acceptors (Lipinski definition) is 4. The highest BCUT2D eigenvalue weighted by Crippen LogP contribution is 2.17. The lowest BCUT2D eigenvalue weighted by Gasteiger charge is -2.35. The summed E-state index contributed by atoms with van der Waals surface area (Å²) in [5, 5.41) is 3.00. The number of carbonyl (C=O) groups is 2. The minimum Gasteiger partial charge on any atom is -0.336 e. The molecule has 2 saturated heterocycles. The minimum atomic E-state index is -0.0905. The fourth-order valence-corrected chi connectivity index (χ4v) is 5.71. The van der Waals surface area contributed by atoms with E-state index >= 15 is 0 Å². The van der Waals surface area contributed by atoms with Gasteiger partial charge in [-0.05, 0) is 105 Å². The zero-order valence-electron chi connectivity index (χ0n) is 21.9. The number of nitrogens with zero attached hydrogens (tertiary/aromatic N) is 4. The summed E-state index contributed by atoms with van der Waals surface area (Å²) in [4.78, 5) is 34.5. The lowest BCUT2D eigenvalue weighted by molar-refractivity contribution is 0.0628. The number of anilines is 1. The van der Waals surface area contributed by atoms with Crippen LogP contribution in [0.4, 0.5) is 10.5 Å². The SMILES string of the molecule is O=C(Nc1ccc(C(=O)N2CCN(Cc3ccc(I)cc3)CC2)cc1)N1CCN(Cc2ccc(I)cc2)CC1. The van der Waals surface area contributed by atoms with Crippen molar-refractivity contribution in [2.24, 2.45) is 0 Å². The summed E-state index contributed by atoms with van der Waals surface area (Å²) in [5.41, 5.74) is 3.96. The van der Waals surface area contributed by atoms with Crippen LogP contribution in [-0.2, 0) is 13.1 Å².